The van der Waals surface area contributed by atoms with Gasteiger partial charge in [-0.05, 0) is 54.9 Å². The van der Waals surface area contributed by atoms with Crippen molar-refractivity contribution in [2.24, 2.45) is 0 Å². The van der Waals surface area contributed by atoms with Crippen LogP contribution in [0.4, 0.5) is 0 Å². The Morgan fingerprint density at radius 1 is 1.28 bits per heavy atom. The van der Waals surface area contributed by atoms with Crippen LogP contribution in [0.5, 0.6) is 0 Å². The summed E-state index contributed by atoms with van der Waals surface area (Å²) in [5.41, 5.74) is 1.37. The number of hydrogen-bond donors (Lipinski definition) is 1. The van der Waals surface area contributed by atoms with Crippen molar-refractivity contribution in [3.8, 4) is 0 Å². The molecule has 96 valence electrons. The van der Waals surface area contributed by atoms with Gasteiger partial charge in [0.1, 0.15) is 0 Å². The van der Waals surface area contributed by atoms with Crippen molar-refractivity contribution in [1.82, 2.24) is 10.3 Å². The Morgan fingerprint density at radius 2 is 2.11 bits per heavy atom. The van der Waals surface area contributed by atoms with E-state index in [1.165, 1.54) is 16.9 Å². The number of nitrogens with zero attached hydrogens (tertiary/aromatic N) is 1. The lowest BCUT2D eigenvalue weighted by molar-refractivity contribution is 0.506. The van der Waals surface area contributed by atoms with Crippen LogP contribution in [0.1, 0.15) is 36.2 Å². The Labute approximate surface area is 113 Å². The minimum Gasteiger partial charge on any atom is -0.309 e. The predicted octanol–water partition coefficient (Wildman–Crippen LogP) is 3.82. The van der Waals surface area contributed by atoms with Gasteiger partial charge in [0.25, 0.3) is 0 Å². The van der Waals surface area contributed by atoms with Gasteiger partial charge in [0.2, 0.25) is 0 Å². The Hall–Kier alpha value is -1.19. The van der Waals surface area contributed by atoms with E-state index in [2.05, 4.69) is 46.9 Å². The second kappa shape index (κ2) is 7.29. The van der Waals surface area contributed by atoms with Gasteiger partial charge in [-0.2, -0.15) is 0 Å². The van der Waals surface area contributed by atoms with Crippen LogP contribution in [0.15, 0.2) is 42.0 Å². The zero-order valence-corrected chi connectivity index (χ0v) is 11.6. The van der Waals surface area contributed by atoms with Crippen molar-refractivity contribution in [3.05, 3.63) is 52.5 Å². The average Bonchev–Trinajstić information content (AvgIpc) is 2.94. The highest BCUT2D eigenvalue weighted by Crippen LogP contribution is 2.23. The van der Waals surface area contributed by atoms with E-state index in [0.29, 0.717) is 6.04 Å². The van der Waals surface area contributed by atoms with Crippen molar-refractivity contribution in [3.63, 3.8) is 0 Å². The third kappa shape index (κ3) is 3.93. The van der Waals surface area contributed by atoms with Gasteiger partial charge in [-0.25, -0.2) is 0 Å². The lowest BCUT2D eigenvalue weighted by Gasteiger charge is -2.17. The summed E-state index contributed by atoms with van der Waals surface area (Å²) in [7, 11) is 0. The molecule has 3 heteroatoms. The highest BCUT2D eigenvalue weighted by atomic mass is 32.1. The summed E-state index contributed by atoms with van der Waals surface area (Å²) in [6.07, 6.45) is 7.16. The van der Waals surface area contributed by atoms with E-state index in [1.54, 1.807) is 0 Å². The van der Waals surface area contributed by atoms with Gasteiger partial charge in [0.15, 0.2) is 0 Å². The summed E-state index contributed by atoms with van der Waals surface area (Å²) in [6, 6.07) is 9.05. The minimum absolute atomic E-state index is 0.484. The molecule has 2 aromatic rings. The number of hydrogen-bond acceptors (Lipinski definition) is 3. The van der Waals surface area contributed by atoms with Crippen molar-refractivity contribution < 1.29 is 0 Å². The van der Waals surface area contributed by atoms with E-state index in [4.69, 9.17) is 0 Å². The molecule has 2 heterocycles. The fraction of sp³-hybridized carbons (Fsp3) is 0.400. The van der Waals surface area contributed by atoms with E-state index < -0.39 is 0 Å². The van der Waals surface area contributed by atoms with Gasteiger partial charge < -0.3 is 5.32 Å². The van der Waals surface area contributed by atoms with Crippen molar-refractivity contribution in [2.75, 3.05) is 6.54 Å². The quantitative estimate of drug-likeness (QED) is 0.818. The van der Waals surface area contributed by atoms with E-state index >= 15 is 0 Å². The summed E-state index contributed by atoms with van der Waals surface area (Å²) in [5, 5.41) is 5.79. The summed E-state index contributed by atoms with van der Waals surface area (Å²) in [5.74, 6) is 0. The summed E-state index contributed by atoms with van der Waals surface area (Å²) >= 11 is 1.84. The van der Waals surface area contributed by atoms with Crippen molar-refractivity contribution >= 4 is 11.3 Å². The lowest BCUT2D eigenvalue weighted by atomic mass is 10.0. The first-order valence-corrected chi connectivity index (χ1v) is 7.44. The molecule has 18 heavy (non-hydrogen) atoms. The smallest absolute Gasteiger partial charge is 0.0417 e. The fourth-order valence-corrected chi connectivity index (χ4v) is 2.85. The maximum atomic E-state index is 4.06. The van der Waals surface area contributed by atoms with Gasteiger partial charge in [0.05, 0.1) is 0 Å². The molecule has 0 aliphatic rings. The molecule has 0 spiro atoms. The monoisotopic (exact) mass is 260 g/mol. The number of aryl methyl sites for hydroxylation is 1. The average molecular weight is 260 g/mol. The molecular formula is C15H20N2S. The highest BCUT2D eigenvalue weighted by Gasteiger charge is 2.11. The fourth-order valence-electron chi connectivity index (χ4n) is 2.01. The molecule has 0 radical (unpaired) electrons. The second-order valence-corrected chi connectivity index (χ2v) is 5.40. The zero-order chi connectivity index (χ0) is 12.6. The van der Waals surface area contributed by atoms with Crippen molar-refractivity contribution in [2.45, 2.75) is 32.2 Å². The Balaban J connectivity index is 1.93. The standard InChI is InChI=1S/C15H20N2S/c1-2-9-17-14(15-4-3-12-18-15)6-5-13-7-10-16-11-8-13/h3-4,7-8,10-12,14,17H,2,5-6,9H2,1H3. The maximum absolute atomic E-state index is 4.06. The van der Waals surface area contributed by atoms with Crippen LogP contribution in [0.25, 0.3) is 0 Å². The molecule has 0 aromatic carbocycles. The topological polar surface area (TPSA) is 24.9 Å². The van der Waals surface area contributed by atoms with Crippen LogP contribution >= 0.6 is 11.3 Å². The van der Waals surface area contributed by atoms with Crippen LogP contribution in [-0.2, 0) is 6.42 Å². The zero-order valence-electron chi connectivity index (χ0n) is 10.8. The molecule has 1 atom stereocenters. The molecule has 1 unspecified atom stereocenters. The van der Waals surface area contributed by atoms with E-state index in [1.807, 2.05) is 23.7 Å². The van der Waals surface area contributed by atoms with Gasteiger partial charge in [0, 0.05) is 23.3 Å². The third-order valence-electron chi connectivity index (χ3n) is 3.00. The molecule has 0 saturated carbocycles. The molecule has 2 aromatic heterocycles. The van der Waals surface area contributed by atoms with Gasteiger partial charge in [-0.15, -0.1) is 11.3 Å². The number of rotatable bonds is 7. The molecule has 0 aliphatic heterocycles. The number of nitrogens with one attached hydrogen (secondary N) is 1. The van der Waals surface area contributed by atoms with E-state index in [9.17, 15) is 0 Å². The van der Waals surface area contributed by atoms with Crippen LogP contribution in [0, 0.1) is 0 Å². The van der Waals surface area contributed by atoms with Crippen LogP contribution < -0.4 is 5.32 Å². The summed E-state index contributed by atoms with van der Waals surface area (Å²) in [4.78, 5) is 5.50. The lowest BCUT2D eigenvalue weighted by Crippen LogP contribution is -2.21. The Morgan fingerprint density at radius 3 is 2.78 bits per heavy atom. The second-order valence-electron chi connectivity index (χ2n) is 4.42. The molecular weight excluding hydrogens is 240 g/mol. The predicted molar refractivity (Wildman–Crippen MR) is 77.9 cm³/mol. The van der Waals surface area contributed by atoms with Gasteiger partial charge in [-0.1, -0.05) is 13.0 Å². The SMILES string of the molecule is CCCNC(CCc1ccncc1)c1cccs1. The normalized spacial score (nSPS) is 12.5. The van der Waals surface area contributed by atoms with Gasteiger partial charge >= 0.3 is 0 Å². The van der Waals surface area contributed by atoms with Gasteiger partial charge in [-0.3, -0.25) is 4.98 Å². The molecule has 0 fully saturated rings. The Bertz CT molecular complexity index is 425. The number of pyridine rings is 1. The number of aromatic nitrogens is 1. The first kappa shape index (κ1) is 13.2. The molecule has 0 amide bonds. The number of thiophene rings is 1. The first-order chi connectivity index (χ1) is 8.90. The summed E-state index contributed by atoms with van der Waals surface area (Å²) in [6.45, 7) is 3.29. The van der Waals surface area contributed by atoms with Crippen LogP contribution in [-0.4, -0.2) is 11.5 Å². The summed E-state index contributed by atoms with van der Waals surface area (Å²) < 4.78 is 0. The Kier molecular flexibility index (Phi) is 5.36. The molecule has 2 rings (SSSR count). The maximum Gasteiger partial charge on any atom is 0.0417 e. The molecule has 2 nitrogen and oxygen atoms in total. The van der Waals surface area contributed by atoms with E-state index in [-0.39, 0.29) is 0 Å². The highest BCUT2D eigenvalue weighted by molar-refractivity contribution is 7.10. The molecule has 1 N–H and O–H groups in total. The first-order valence-electron chi connectivity index (χ1n) is 6.56. The van der Waals surface area contributed by atoms with Crippen molar-refractivity contribution in [1.29, 1.82) is 0 Å². The van der Waals surface area contributed by atoms with Crippen LogP contribution in [0.2, 0.25) is 0 Å². The van der Waals surface area contributed by atoms with E-state index in [0.717, 1.165) is 19.4 Å². The molecule has 0 bridgehead atoms. The van der Waals surface area contributed by atoms with Crippen LogP contribution in [0.3, 0.4) is 0 Å². The molecule has 0 aliphatic carbocycles. The largest absolute Gasteiger partial charge is 0.309 e. The molecule has 0 saturated heterocycles. The minimum atomic E-state index is 0.484. The third-order valence-corrected chi connectivity index (χ3v) is 3.98.